The molecule has 0 saturated carbocycles. The molecule has 20 heavy (non-hydrogen) atoms. The summed E-state index contributed by atoms with van der Waals surface area (Å²) >= 11 is 0. The first-order valence-electron chi connectivity index (χ1n) is 7.73. The van der Waals surface area contributed by atoms with E-state index in [2.05, 4.69) is 6.92 Å². The Morgan fingerprint density at radius 1 is 1.10 bits per heavy atom. The molecule has 0 fully saturated rings. The van der Waals surface area contributed by atoms with Crippen LogP contribution in [0.15, 0.2) is 0 Å². The Morgan fingerprint density at radius 2 is 1.70 bits per heavy atom. The zero-order valence-corrected chi connectivity index (χ0v) is 14.3. The van der Waals surface area contributed by atoms with Gasteiger partial charge in [0.2, 0.25) is 0 Å². The average Bonchev–Trinajstić information content (AvgIpc) is 2.38. The Hall–Kier alpha value is -0.220. The molecule has 0 aromatic carbocycles. The summed E-state index contributed by atoms with van der Waals surface area (Å²) in [6.45, 7) is 9.94. The number of carbonyl (C=O) groups excluding carboxylic acids is 1. The van der Waals surface area contributed by atoms with Gasteiger partial charge in [0, 0.05) is 0 Å². The lowest BCUT2D eigenvalue weighted by molar-refractivity contribution is -0.850. The molecule has 120 valence electrons. The molecule has 1 amide bonds. The largest absolute Gasteiger partial charge is 0.341 e. The van der Waals surface area contributed by atoms with E-state index >= 15 is 0 Å². The fourth-order valence-corrected chi connectivity index (χ4v) is 3.56. The molecule has 0 aromatic rings. The summed E-state index contributed by atoms with van der Waals surface area (Å²) in [6, 6.07) is 0. The van der Waals surface area contributed by atoms with E-state index in [1.165, 1.54) is 6.42 Å². The molecule has 0 aromatic heterocycles. The Kier molecular flexibility index (Phi) is 9.56. The minimum Gasteiger partial charge on any atom is -0.324 e. The van der Waals surface area contributed by atoms with Gasteiger partial charge in [-0.15, -0.1) is 0 Å². The molecule has 5 nitrogen and oxygen atoms in total. The first kappa shape index (κ1) is 19.8. The van der Waals surface area contributed by atoms with E-state index in [1.807, 2.05) is 13.8 Å². The van der Waals surface area contributed by atoms with Crippen LogP contribution in [0.2, 0.25) is 0 Å². The molecule has 1 unspecified atom stereocenters. The predicted molar refractivity (Wildman–Crippen MR) is 81.7 cm³/mol. The lowest BCUT2D eigenvalue weighted by Crippen LogP contribution is -2.54. The molecule has 0 heterocycles. The zero-order chi connectivity index (χ0) is 15.6. The van der Waals surface area contributed by atoms with Crippen molar-refractivity contribution in [2.75, 3.05) is 32.4 Å². The van der Waals surface area contributed by atoms with Crippen LogP contribution in [-0.4, -0.2) is 47.7 Å². The van der Waals surface area contributed by atoms with Crippen LogP contribution in [0.25, 0.3) is 0 Å². The van der Waals surface area contributed by atoms with Gasteiger partial charge in [-0.05, 0) is 33.6 Å². The molecule has 0 saturated heterocycles. The van der Waals surface area contributed by atoms with Crippen molar-refractivity contribution in [1.82, 2.24) is 0 Å². The van der Waals surface area contributed by atoms with Crippen molar-refractivity contribution >= 4 is 13.5 Å². The third-order valence-electron chi connectivity index (χ3n) is 3.85. The van der Waals surface area contributed by atoms with E-state index in [0.29, 0.717) is 13.1 Å². The lowest BCUT2D eigenvalue weighted by atomic mass is 10.1. The third-order valence-corrected chi connectivity index (χ3v) is 5.18. The number of hydrogen-bond donors (Lipinski definition) is 1. The van der Waals surface area contributed by atoms with Gasteiger partial charge >= 0.3 is 13.5 Å². The number of hydrogen-bond acceptors (Lipinski definition) is 3. The molecular weight excluding hydrogens is 277 g/mol. The van der Waals surface area contributed by atoms with Crippen LogP contribution in [0.1, 0.15) is 53.4 Å². The molecular formula is C14H31NO4P+. The topological polar surface area (TPSA) is 63.6 Å². The minimum atomic E-state index is -3.78. The summed E-state index contributed by atoms with van der Waals surface area (Å²) in [6.07, 6.45) is 4.02. The summed E-state index contributed by atoms with van der Waals surface area (Å²) in [5.41, 5.74) is 0. The molecule has 0 aliphatic carbocycles. The highest BCUT2D eigenvalue weighted by Gasteiger charge is 2.38. The SMILES string of the molecule is CCCCCC[N+](CC)(CC)C(=O)CP(=O)(O)OCC. The number of nitrogens with zero attached hydrogens (tertiary/aromatic N) is 1. The molecule has 1 N–H and O–H groups in total. The highest BCUT2D eigenvalue weighted by molar-refractivity contribution is 7.53. The smallest absolute Gasteiger partial charge is 0.324 e. The number of unbranched alkanes of at least 4 members (excludes halogenated alkanes) is 3. The second kappa shape index (κ2) is 9.67. The second-order valence-corrected chi connectivity index (χ2v) is 7.02. The monoisotopic (exact) mass is 308 g/mol. The number of carbonyl (C=O) groups is 1. The second-order valence-electron chi connectivity index (χ2n) is 5.17. The van der Waals surface area contributed by atoms with E-state index in [0.717, 1.165) is 25.8 Å². The first-order valence-corrected chi connectivity index (χ1v) is 9.49. The molecule has 0 rings (SSSR count). The summed E-state index contributed by atoms with van der Waals surface area (Å²) in [7, 11) is -3.78. The van der Waals surface area contributed by atoms with Crippen LogP contribution in [0.3, 0.4) is 0 Å². The van der Waals surface area contributed by atoms with Crippen molar-refractivity contribution in [1.29, 1.82) is 0 Å². The predicted octanol–water partition coefficient (Wildman–Crippen LogP) is 3.17. The Balaban J connectivity index is 4.70. The molecule has 0 aliphatic rings. The fourth-order valence-electron chi connectivity index (χ4n) is 2.43. The maximum atomic E-state index is 12.4. The van der Waals surface area contributed by atoms with Crippen molar-refractivity contribution in [2.45, 2.75) is 53.4 Å². The van der Waals surface area contributed by atoms with Crippen molar-refractivity contribution in [3.05, 3.63) is 0 Å². The third kappa shape index (κ3) is 6.49. The summed E-state index contributed by atoms with van der Waals surface area (Å²) in [5, 5.41) is 0. The lowest BCUT2D eigenvalue weighted by Gasteiger charge is -2.34. The molecule has 0 radical (unpaired) electrons. The van der Waals surface area contributed by atoms with E-state index in [-0.39, 0.29) is 23.2 Å². The van der Waals surface area contributed by atoms with Gasteiger partial charge in [-0.1, -0.05) is 19.8 Å². The van der Waals surface area contributed by atoms with E-state index in [4.69, 9.17) is 4.52 Å². The van der Waals surface area contributed by atoms with Crippen LogP contribution in [0, 0.1) is 0 Å². The maximum Gasteiger partial charge on any atom is 0.341 e. The minimum absolute atomic E-state index is 0.149. The number of amides is 1. The Bertz CT molecular complexity index is 329. The van der Waals surface area contributed by atoms with Gasteiger partial charge in [0.05, 0.1) is 26.2 Å². The summed E-state index contributed by atoms with van der Waals surface area (Å²) in [5.74, 6) is -0.175. The van der Waals surface area contributed by atoms with Gasteiger partial charge < -0.3 is 9.42 Å². The van der Waals surface area contributed by atoms with Crippen molar-refractivity contribution in [3.63, 3.8) is 0 Å². The Morgan fingerprint density at radius 3 is 2.15 bits per heavy atom. The first-order chi connectivity index (χ1) is 9.37. The van der Waals surface area contributed by atoms with Crippen LogP contribution < -0.4 is 0 Å². The van der Waals surface area contributed by atoms with Gasteiger partial charge in [0.25, 0.3) is 0 Å². The fraction of sp³-hybridized carbons (Fsp3) is 0.929. The quantitative estimate of drug-likeness (QED) is 0.362. The molecule has 0 aliphatic heterocycles. The molecule has 6 heteroatoms. The Labute approximate surface area is 123 Å². The average molecular weight is 308 g/mol. The van der Waals surface area contributed by atoms with Crippen molar-refractivity contribution in [3.8, 4) is 0 Å². The number of rotatable bonds is 11. The van der Waals surface area contributed by atoms with Crippen molar-refractivity contribution in [2.24, 2.45) is 0 Å². The van der Waals surface area contributed by atoms with Crippen LogP contribution in [0.4, 0.5) is 0 Å². The maximum absolute atomic E-state index is 12.4. The van der Waals surface area contributed by atoms with Crippen LogP contribution >= 0.6 is 7.60 Å². The van der Waals surface area contributed by atoms with Crippen LogP contribution in [0.5, 0.6) is 0 Å². The normalized spacial score (nSPS) is 15.1. The van der Waals surface area contributed by atoms with Gasteiger partial charge in [0.1, 0.15) is 0 Å². The highest BCUT2D eigenvalue weighted by Crippen LogP contribution is 2.42. The highest BCUT2D eigenvalue weighted by atomic mass is 31.2. The zero-order valence-electron chi connectivity index (χ0n) is 13.4. The summed E-state index contributed by atoms with van der Waals surface area (Å²) in [4.78, 5) is 22.1. The van der Waals surface area contributed by atoms with Gasteiger partial charge in [-0.2, -0.15) is 0 Å². The van der Waals surface area contributed by atoms with E-state index < -0.39 is 7.60 Å². The molecule has 0 spiro atoms. The number of quaternary nitrogens is 1. The van der Waals surface area contributed by atoms with Gasteiger partial charge in [-0.25, -0.2) is 4.79 Å². The van der Waals surface area contributed by atoms with Gasteiger partial charge in [-0.3, -0.25) is 9.05 Å². The van der Waals surface area contributed by atoms with E-state index in [1.54, 1.807) is 6.92 Å². The van der Waals surface area contributed by atoms with E-state index in [9.17, 15) is 14.3 Å². The standard InChI is InChI=1S/C14H30NO4P/c1-5-9-10-11-12-15(6-2,7-3)14(16)13-20(17,18)19-8-4/h5-13H2,1-4H3/p+1. The van der Waals surface area contributed by atoms with Crippen molar-refractivity contribution < 1.29 is 23.3 Å². The molecule has 1 atom stereocenters. The van der Waals surface area contributed by atoms with Crippen LogP contribution in [-0.2, 0) is 13.9 Å². The van der Waals surface area contributed by atoms with Gasteiger partial charge in [0.15, 0.2) is 6.16 Å². The summed E-state index contributed by atoms with van der Waals surface area (Å²) < 4.78 is 16.9. The molecule has 0 bridgehead atoms.